The van der Waals surface area contributed by atoms with Crippen LogP contribution < -0.4 is 11.1 Å². The number of anilines is 1. The molecule has 0 unspecified atom stereocenters. The van der Waals surface area contributed by atoms with Crippen molar-refractivity contribution in [2.45, 2.75) is 20.1 Å². The van der Waals surface area contributed by atoms with Crippen molar-refractivity contribution < 1.29 is 9.90 Å². The molecule has 0 bridgehead atoms. The molecule has 0 aliphatic heterocycles. The van der Waals surface area contributed by atoms with Crippen molar-refractivity contribution in [2.75, 3.05) is 5.73 Å². The standard InChI is InChI=1S/C16H18N2O2/c1-11-14(6-3-7-15(11)17)16(20)18-9-12-4-2-5-13(8-12)10-19/h2-8,19H,9-10,17H2,1H3,(H,18,20). The first kappa shape index (κ1) is 14.1. The molecule has 4 heteroatoms. The SMILES string of the molecule is Cc1c(N)cccc1C(=O)NCc1cccc(CO)c1. The summed E-state index contributed by atoms with van der Waals surface area (Å²) in [6.45, 7) is 2.24. The van der Waals surface area contributed by atoms with Gasteiger partial charge in [0.25, 0.3) is 5.91 Å². The Morgan fingerprint density at radius 3 is 2.65 bits per heavy atom. The first-order valence-corrected chi connectivity index (χ1v) is 6.44. The molecule has 0 atom stereocenters. The fourth-order valence-corrected chi connectivity index (χ4v) is 2.02. The lowest BCUT2D eigenvalue weighted by molar-refractivity contribution is 0.0950. The van der Waals surface area contributed by atoms with Gasteiger partial charge in [0.15, 0.2) is 0 Å². The van der Waals surface area contributed by atoms with Gasteiger partial charge >= 0.3 is 0 Å². The summed E-state index contributed by atoms with van der Waals surface area (Å²) in [5.41, 5.74) is 9.56. The summed E-state index contributed by atoms with van der Waals surface area (Å²) in [6.07, 6.45) is 0. The maximum absolute atomic E-state index is 12.1. The highest BCUT2D eigenvalue weighted by molar-refractivity contribution is 5.96. The maximum atomic E-state index is 12.1. The Kier molecular flexibility index (Phi) is 4.38. The van der Waals surface area contributed by atoms with Crippen LogP contribution in [0.5, 0.6) is 0 Å². The second-order valence-corrected chi connectivity index (χ2v) is 4.68. The third-order valence-electron chi connectivity index (χ3n) is 3.25. The lowest BCUT2D eigenvalue weighted by atomic mass is 10.1. The first-order chi connectivity index (χ1) is 9.61. The van der Waals surface area contributed by atoms with Crippen molar-refractivity contribution >= 4 is 11.6 Å². The van der Waals surface area contributed by atoms with E-state index < -0.39 is 0 Å². The molecule has 0 saturated carbocycles. The fraction of sp³-hybridized carbons (Fsp3) is 0.188. The van der Waals surface area contributed by atoms with Crippen LogP contribution in [0, 0.1) is 6.92 Å². The van der Waals surface area contributed by atoms with Gasteiger partial charge in [-0.05, 0) is 35.7 Å². The third kappa shape index (κ3) is 3.16. The predicted octanol–water partition coefficient (Wildman–Crippen LogP) is 2.00. The number of nitrogens with two attached hydrogens (primary N) is 1. The quantitative estimate of drug-likeness (QED) is 0.744. The van der Waals surface area contributed by atoms with Crippen molar-refractivity contribution in [3.05, 3.63) is 64.7 Å². The summed E-state index contributed by atoms with van der Waals surface area (Å²) >= 11 is 0. The van der Waals surface area contributed by atoms with Crippen molar-refractivity contribution in [2.24, 2.45) is 0 Å². The third-order valence-corrected chi connectivity index (χ3v) is 3.25. The molecule has 1 amide bonds. The van der Waals surface area contributed by atoms with Crippen LogP contribution in [0.4, 0.5) is 5.69 Å². The van der Waals surface area contributed by atoms with E-state index in [0.717, 1.165) is 16.7 Å². The summed E-state index contributed by atoms with van der Waals surface area (Å²) in [7, 11) is 0. The van der Waals surface area contributed by atoms with Crippen molar-refractivity contribution in [3.8, 4) is 0 Å². The van der Waals surface area contributed by atoms with E-state index in [1.165, 1.54) is 0 Å². The second kappa shape index (κ2) is 6.21. The number of amides is 1. The topological polar surface area (TPSA) is 75.4 Å². The molecule has 2 aromatic carbocycles. The van der Waals surface area contributed by atoms with E-state index in [0.29, 0.717) is 17.8 Å². The number of aliphatic hydroxyl groups excluding tert-OH is 1. The number of carbonyl (C=O) groups excluding carboxylic acids is 1. The summed E-state index contributed by atoms with van der Waals surface area (Å²) in [4.78, 5) is 12.1. The van der Waals surface area contributed by atoms with Crippen molar-refractivity contribution in [1.29, 1.82) is 0 Å². The molecule has 0 aromatic heterocycles. The molecule has 4 N–H and O–H groups in total. The van der Waals surface area contributed by atoms with Gasteiger partial charge in [-0.15, -0.1) is 0 Å². The molecule has 20 heavy (non-hydrogen) atoms. The summed E-state index contributed by atoms with van der Waals surface area (Å²) in [5.74, 6) is -0.149. The van der Waals surface area contributed by atoms with Crippen LogP contribution in [0.3, 0.4) is 0 Å². The Balaban J connectivity index is 2.06. The minimum absolute atomic E-state index is 0.00386. The van der Waals surface area contributed by atoms with E-state index in [2.05, 4.69) is 5.32 Å². The summed E-state index contributed by atoms with van der Waals surface area (Å²) in [6, 6.07) is 12.8. The highest BCUT2D eigenvalue weighted by Gasteiger charge is 2.10. The molecule has 4 nitrogen and oxygen atoms in total. The molecule has 0 spiro atoms. The first-order valence-electron chi connectivity index (χ1n) is 6.44. The van der Waals surface area contributed by atoms with Crippen LogP contribution in [-0.4, -0.2) is 11.0 Å². The van der Waals surface area contributed by atoms with E-state index in [9.17, 15) is 4.79 Å². The van der Waals surface area contributed by atoms with E-state index >= 15 is 0 Å². The van der Waals surface area contributed by atoms with E-state index in [-0.39, 0.29) is 12.5 Å². The van der Waals surface area contributed by atoms with Gasteiger partial charge in [-0.3, -0.25) is 4.79 Å². The van der Waals surface area contributed by atoms with Crippen LogP contribution in [0.2, 0.25) is 0 Å². The molecule has 0 saturated heterocycles. The molecule has 0 radical (unpaired) electrons. The highest BCUT2D eigenvalue weighted by atomic mass is 16.3. The highest BCUT2D eigenvalue weighted by Crippen LogP contribution is 2.15. The molecule has 104 valence electrons. The van der Waals surface area contributed by atoms with Gasteiger partial charge in [0.1, 0.15) is 0 Å². The number of benzene rings is 2. The molecule has 2 aromatic rings. The number of aliphatic hydroxyl groups is 1. The van der Waals surface area contributed by atoms with Gasteiger partial charge in [0.2, 0.25) is 0 Å². The van der Waals surface area contributed by atoms with Gasteiger partial charge < -0.3 is 16.2 Å². The average molecular weight is 270 g/mol. The van der Waals surface area contributed by atoms with Gasteiger partial charge in [-0.1, -0.05) is 30.3 Å². The lowest BCUT2D eigenvalue weighted by Crippen LogP contribution is -2.23. The van der Waals surface area contributed by atoms with Gasteiger partial charge in [-0.2, -0.15) is 0 Å². The van der Waals surface area contributed by atoms with Crippen LogP contribution in [0.1, 0.15) is 27.0 Å². The molecule has 2 rings (SSSR count). The Morgan fingerprint density at radius 1 is 1.20 bits per heavy atom. The molecule has 0 heterocycles. The Hall–Kier alpha value is -2.33. The fourth-order valence-electron chi connectivity index (χ4n) is 2.02. The molecule has 0 fully saturated rings. The summed E-state index contributed by atoms with van der Waals surface area (Å²) < 4.78 is 0. The number of rotatable bonds is 4. The molecule has 0 aliphatic rings. The Labute approximate surface area is 118 Å². The number of carbonyl (C=O) groups is 1. The average Bonchev–Trinajstić information content (AvgIpc) is 2.48. The zero-order valence-corrected chi connectivity index (χ0v) is 11.4. The number of hydrogen-bond acceptors (Lipinski definition) is 3. The maximum Gasteiger partial charge on any atom is 0.251 e. The van der Waals surface area contributed by atoms with Gasteiger partial charge in [-0.25, -0.2) is 0 Å². The van der Waals surface area contributed by atoms with E-state index in [1.807, 2.05) is 31.2 Å². The van der Waals surface area contributed by atoms with Crippen LogP contribution in [0.15, 0.2) is 42.5 Å². The van der Waals surface area contributed by atoms with Gasteiger partial charge in [0.05, 0.1) is 6.61 Å². The Morgan fingerprint density at radius 2 is 1.90 bits per heavy atom. The minimum atomic E-state index is -0.149. The van der Waals surface area contributed by atoms with E-state index in [1.54, 1.807) is 18.2 Å². The summed E-state index contributed by atoms with van der Waals surface area (Å²) in [5, 5.41) is 11.9. The van der Waals surface area contributed by atoms with E-state index in [4.69, 9.17) is 10.8 Å². The normalized spacial score (nSPS) is 10.3. The van der Waals surface area contributed by atoms with Gasteiger partial charge in [0, 0.05) is 17.8 Å². The second-order valence-electron chi connectivity index (χ2n) is 4.68. The van der Waals surface area contributed by atoms with Crippen LogP contribution in [0.25, 0.3) is 0 Å². The number of nitrogens with one attached hydrogen (secondary N) is 1. The molecular weight excluding hydrogens is 252 g/mol. The smallest absolute Gasteiger partial charge is 0.251 e. The van der Waals surface area contributed by atoms with Crippen molar-refractivity contribution in [1.82, 2.24) is 5.32 Å². The van der Waals surface area contributed by atoms with Crippen LogP contribution in [-0.2, 0) is 13.2 Å². The molecule has 0 aliphatic carbocycles. The predicted molar refractivity (Wildman–Crippen MR) is 79.1 cm³/mol. The van der Waals surface area contributed by atoms with Crippen molar-refractivity contribution in [3.63, 3.8) is 0 Å². The Bertz CT molecular complexity index is 624. The zero-order chi connectivity index (χ0) is 14.5. The number of nitrogen functional groups attached to an aromatic ring is 1. The molecular formula is C16H18N2O2. The monoisotopic (exact) mass is 270 g/mol. The zero-order valence-electron chi connectivity index (χ0n) is 11.4. The van der Waals surface area contributed by atoms with Crippen LogP contribution >= 0.6 is 0 Å². The largest absolute Gasteiger partial charge is 0.398 e. The minimum Gasteiger partial charge on any atom is -0.398 e. The number of hydrogen-bond donors (Lipinski definition) is 3. The lowest BCUT2D eigenvalue weighted by Gasteiger charge is -2.10.